The third-order valence-corrected chi connectivity index (χ3v) is 3.36. The van der Waals surface area contributed by atoms with Crippen LogP contribution in [0.5, 0.6) is 0 Å². The Hall–Kier alpha value is -0.0800. The van der Waals surface area contributed by atoms with E-state index in [0.29, 0.717) is 24.3 Å². The largest absolute Gasteiger partial charge is 0.372 e. The summed E-state index contributed by atoms with van der Waals surface area (Å²) in [7, 11) is 0. The SMILES string of the molecule is CCC1NC(CC)C(CC)OC1CC. The summed E-state index contributed by atoms with van der Waals surface area (Å²) in [5.74, 6) is 0. The third kappa shape index (κ3) is 2.48. The predicted octanol–water partition coefficient (Wildman–Crippen LogP) is 2.72. The van der Waals surface area contributed by atoms with Gasteiger partial charge in [-0.1, -0.05) is 27.7 Å². The highest BCUT2D eigenvalue weighted by atomic mass is 16.5. The number of hydrogen-bond donors (Lipinski definition) is 1. The van der Waals surface area contributed by atoms with Crippen LogP contribution in [0.2, 0.25) is 0 Å². The van der Waals surface area contributed by atoms with Crippen LogP contribution in [0.25, 0.3) is 0 Å². The van der Waals surface area contributed by atoms with Crippen molar-refractivity contribution in [1.29, 1.82) is 0 Å². The highest BCUT2D eigenvalue weighted by Crippen LogP contribution is 2.22. The topological polar surface area (TPSA) is 21.3 Å². The van der Waals surface area contributed by atoms with Crippen LogP contribution in [0.3, 0.4) is 0 Å². The average Bonchev–Trinajstić information content (AvgIpc) is 2.26. The quantitative estimate of drug-likeness (QED) is 0.751. The van der Waals surface area contributed by atoms with Crippen molar-refractivity contribution in [2.75, 3.05) is 0 Å². The molecule has 2 nitrogen and oxygen atoms in total. The third-order valence-electron chi connectivity index (χ3n) is 3.36. The minimum atomic E-state index is 0.424. The molecule has 2 heteroatoms. The van der Waals surface area contributed by atoms with E-state index in [1.807, 2.05) is 0 Å². The number of morpholine rings is 1. The fourth-order valence-corrected chi connectivity index (χ4v) is 2.43. The fourth-order valence-electron chi connectivity index (χ4n) is 2.43. The molecule has 1 aliphatic rings. The maximum atomic E-state index is 6.13. The van der Waals surface area contributed by atoms with E-state index >= 15 is 0 Å². The van der Waals surface area contributed by atoms with Crippen molar-refractivity contribution in [3.8, 4) is 0 Å². The van der Waals surface area contributed by atoms with E-state index in [2.05, 4.69) is 33.0 Å². The Kier molecular flexibility index (Phi) is 4.90. The monoisotopic (exact) mass is 199 g/mol. The molecule has 1 heterocycles. The molecule has 0 aromatic rings. The van der Waals surface area contributed by atoms with Gasteiger partial charge in [-0.2, -0.15) is 0 Å². The summed E-state index contributed by atoms with van der Waals surface area (Å²) in [6.45, 7) is 8.91. The number of rotatable bonds is 4. The zero-order valence-electron chi connectivity index (χ0n) is 10.0. The molecule has 0 aliphatic carbocycles. The van der Waals surface area contributed by atoms with Gasteiger partial charge in [0, 0.05) is 12.1 Å². The van der Waals surface area contributed by atoms with E-state index in [1.165, 1.54) is 12.8 Å². The van der Waals surface area contributed by atoms with Gasteiger partial charge in [-0.25, -0.2) is 0 Å². The Bertz CT molecular complexity index is 126. The second kappa shape index (κ2) is 5.72. The zero-order valence-corrected chi connectivity index (χ0v) is 10.0. The molecule has 0 bridgehead atoms. The van der Waals surface area contributed by atoms with Crippen LogP contribution in [0.1, 0.15) is 53.4 Å². The van der Waals surface area contributed by atoms with Gasteiger partial charge in [-0.15, -0.1) is 0 Å². The maximum absolute atomic E-state index is 6.13. The van der Waals surface area contributed by atoms with E-state index in [4.69, 9.17) is 4.74 Å². The first kappa shape index (κ1) is 12.0. The van der Waals surface area contributed by atoms with Crippen molar-refractivity contribution in [2.45, 2.75) is 77.7 Å². The second-order valence-electron chi connectivity index (χ2n) is 4.23. The Morgan fingerprint density at radius 3 is 1.50 bits per heavy atom. The summed E-state index contributed by atoms with van der Waals surface area (Å²) in [5.41, 5.74) is 0. The maximum Gasteiger partial charge on any atom is 0.0729 e. The van der Waals surface area contributed by atoms with Gasteiger partial charge in [0.05, 0.1) is 12.2 Å². The lowest BCUT2D eigenvalue weighted by atomic mass is 9.96. The van der Waals surface area contributed by atoms with Gasteiger partial charge < -0.3 is 10.1 Å². The summed E-state index contributed by atoms with van der Waals surface area (Å²) in [6.07, 6.45) is 5.44. The number of ether oxygens (including phenoxy) is 1. The molecule has 0 spiro atoms. The highest BCUT2D eigenvalue weighted by Gasteiger charge is 2.33. The molecule has 1 N–H and O–H groups in total. The zero-order chi connectivity index (χ0) is 10.6. The minimum absolute atomic E-state index is 0.424. The first-order valence-electron chi connectivity index (χ1n) is 6.18. The van der Waals surface area contributed by atoms with Crippen LogP contribution < -0.4 is 5.32 Å². The van der Waals surface area contributed by atoms with Crippen LogP contribution in [0.4, 0.5) is 0 Å². The van der Waals surface area contributed by atoms with Crippen molar-refractivity contribution < 1.29 is 4.74 Å². The molecule has 0 radical (unpaired) electrons. The van der Waals surface area contributed by atoms with Gasteiger partial charge >= 0.3 is 0 Å². The molecule has 1 rings (SSSR count). The van der Waals surface area contributed by atoms with Crippen molar-refractivity contribution >= 4 is 0 Å². The summed E-state index contributed by atoms with van der Waals surface area (Å²) in [5, 5.41) is 3.73. The lowest BCUT2D eigenvalue weighted by Gasteiger charge is -2.42. The van der Waals surface area contributed by atoms with Crippen molar-refractivity contribution in [2.24, 2.45) is 0 Å². The second-order valence-corrected chi connectivity index (χ2v) is 4.23. The van der Waals surface area contributed by atoms with E-state index < -0.39 is 0 Å². The van der Waals surface area contributed by atoms with Crippen molar-refractivity contribution in [3.05, 3.63) is 0 Å². The van der Waals surface area contributed by atoms with Gasteiger partial charge in [0.25, 0.3) is 0 Å². The molecule has 4 unspecified atom stereocenters. The standard InChI is InChI=1S/C12H25NO/c1-5-9-11(7-3)14-12(8-4)10(6-2)13-9/h9-13H,5-8H2,1-4H3. The average molecular weight is 199 g/mol. The van der Waals surface area contributed by atoms with Gasteiger partial charge in [0.15, 0.2) is 0 Å². The molecule has 0 saturated carbocycles. The Labute approximate surface area is 88.4 Å². The molecular weight excluding hydrogens is 174 g/mol. The van der Waals surface area contributed by atoms with Crippen LogP contribution in [-0.2, 0) is 4.74 Å². The Balaban J connectivity index is 2.59. The van der Waals surface area contributed by atoms with Crippen molar-refractivity contribution in [1.82, 2.24) is 5.32 Å². The molecule has 0 amide bonds. The molecule has 14 heavy (non-hydrogen) atoms. The van der Waals surface area contributed by atoms with Gasteiger partial charge in [-0.3, -0.25) is 0 Å². The Morgan fingerprint density at radius 2 is 1.21 bits per heavy atom. The molecule has 1 aliphatic heterocycles. The van der Waals surface area contributed by atoms with Gasteiger partial charge in [0.1, 0.15) is 0 Å². The van der Waals surface area contributed by atoms with Crippen LogP contribution in [0, 0.1) is 0 Å². The number of nitrogens with one attached hydrogen (secondary N) is 1. The first-order chi connectivity index (χ1) is 6.76. The summed E-state index contributed by atoms with van der Waals surface area (Å²) < 4.78 is 6.13. The van der Waals surface area contributed by atoms with E-state index in [9.17, 15) is 0 Å². The molecule has 0 aromatic heterocycles. The first-order valence-corrected chi connectivity index (χ1v) is 6.18. The summed E-state index contributed by atoms with van der Waals surface area (Å²) in [6, 6.07) is 1.13. The van der Waals surface area contributed by atoms with Gasteiger partial charge in [-0.05, 0) is 25.7 Å². The molecule has 0 aromatic carbocycles. The van der Waals surface area contributed by atoms with Crippen molar-refractivity contribution in [3.63, 3.8) is 0 Å². The Morgan fingerprint density at radius 1 is 0.786 bits per heavy atom. The smallest absolute Gasteiger partial charge is 0.0729 e. The lowest BCUT2D eigenvalue weighted by Crippen LogP contribution is -2.57. The van der Waals surface area contributed by atoms with Crippen LogP contribution in [0.15, 0.2) is 0 Å². The summed E-state index contributed by atoms with van der Waals surface area (Å²) >= 11 is 0. The van der Waals surface area contributed by atoms with E-state index in [0.717, 1.165) is 12.8 Å². The summed E-state index contributed by atoms with van der Waals surface area (Å²) in [4.78, 5) is 0. The lowest BCUT2D eigenvalue weighted by molar-refractivity contribution is -0.0912. The molecular formula is C12H25NO. The van der Waals surface area contributed by atoms with Crippen LogP contribution in [-0.4, -0.2) is 24.3 Å². The molecule has 1 saturated heterocycles. The minimum Gasteiger partial charge on any atom is -0.372 e. The highest BCUT2D eigenvalue weighted by molar-refractivity contribution is 4.89. The molecule has 4 atom stereocenters. The number of hydrogen-bond acceptors (Lipinski definition) is 2. The van der Waals surface area contributed by atoms with E-state index in [1.54, 1.807) is 0 Å². The van der Waals surface area contributed by atoms with Gasteiger partial charge in [0.2, 0.25) is 0 Å². The fraction of sp³-hybridized carbons (Fsp3) is 1.00. The normalized spacial score (nSPS) is 38.6. The predicted molar refractivity (Wildman–Crippen MR) is 60.5 cm³/mol. The molecule has 84 valence electrons. The van der Waals surface area contributed by atoms with E-state index in [-0.39, 0.29) is 0 Å². The molecule has 1 fully saturated rings. The van der Waals surface area contributed by atoms with Crippen LogP contribution >= 0.6 is 0 Å².